The zero-order chi connectivity index (χ0) is 13.3. The van der Waals surface area contributed by atoms with Crippen molar-refractivity contribution in [2.75, 3.05) is 0 Å². The first-order chi connectivity index (χ1) is 8.50. The topological polar surface area (TPSA) is 20.2 Å². The van der Waals surface area contributed by atoms with E-state index in [0.717, 1.165) is 0 Å². The minimum atomic E-state index is -1.13. The zero-order valence-electron chi connectivity index (χ0n) is 9.62. The summed E-state index contributed by atoms with van der Waals surface area (Å²) in [5.41, 5.74) is 1.07. The molecule has 1 atom stereocenters. The number of benzene rings is 2. The third-order valence-electron chi connectivity index (χ3n) is 2.77. The summed E-state index contributed by atoms with van der Waals surface area (Å²) in [4.78, 5) is 0. The van der Waals surface area contributed by atoms with E-state index < -0.39 is 11.9 Å². The Morgan fingerprint density at radius 1 is 1.11 bits per heavy atom. The van der Waals surface area contributed by atoms with Crippen molar-refractivity contribution in [2.24, 2.45) is 0 Å². The summed E-state index contributed by atoms with van der Waals surface area (Å²) in [6, 6.07) is 9.60. The highest BCUT2D eigenvalue weighted by Crippen LogP contribution is 2.32. The smallest absolute Gasteiger partial charge is 0.132 e. The summed E-state index contributed by atoms with van der Waals surface area (Å²) in [7, 11) is 0. The first-order valence-electron chi connectivity index (χ1n) is 5.38. The van der Waals surface area contributed by atoms with Crippen molar-refractivity contribution >= 4 is 23.2 Å². The highest BCUT2D eigenvalue weighted by molar-refractivity contribution is 6.33. The minimum Gasteiger partial charge on any atom is -0.383 e. The third-order valence-corrected chi connectivity index (χ3v) is 3.35. The Balaban J connectivity index is 2.51. The number of hydrogen-bond acceptors (Lipinski definition) is 1. The van der Waals surface area contributed by atoms with Crippen LogP contribution in [0, 0.1) is 12.7 Å². The molecule has 2 aromatic rings. The van der Waals surface area contributed by atoms with Crippen LogP contribution in [0.4, 0.5) is 4.39 Å². The van der Waals surface area contributed by atoms with Gasteiger partial charge in [-0.3, -0.25) is 0 Å². The van der Waals surface area contributed by atoms with E-state index in [1.165, 1.54) is 12.1 Å². The molecule has 0 fully saturated rings. The Hall–Kier alpha value is -1.09. The Kier molecular flexibility index (Phi) is 3.91. The number of hydrogen-bond donors (Lipinski definition) is 1. The first kappa shape index (κ1) is 13.3. The summed E-state index contributed by atoms with van der Waals surface area (Å²) in [5, 5.41) is 11.0. The molecule has 2 rings (SSSR count). The highest BCUT2D eigenvalue weighted by atomic mass is 35.5. The Morgan fingerprint density at radius 3 is 2.56 bits per heavy atom. The minimum absolute atomic E-state index is 0.194. The van der Waals surface area contributed by atoms with Gasteiger partial charge in [0.1, 0.15) is 11.9 Å². The molecule has 0 radical (unpaired) electrons. The lowest BCUT2D eigenvalue weighted by molar-refractivity contribution is 0.215. The molecule has 0 aliphatic rings. The van der Waals surface area contributed by atoms with Crippen LogP contribution in [-0.4, -0.2) is 5.11 Å². The van der Waals surface area contributed by atoms with Crippen LogP contribution in [-0.2, 0) is 0 Å². The summed E-state index contributed by atoms with van der Waals surface area (Å²) in [6.07, 6.45) is -1.13. The van der Waals surface area contributed by atoms with Crippen molar-refractivity contribution in [1.82, 2.24) is 0 Å². The molecule has 0 heterocycles. The van der Waals surface area contributed by atoms with E-state index in [2.05, 4.69) is 0 Å². The quantitative estimate of drug-likeness (QED) is 0.860. The standard InChI is InChI=1S/C14H11Cl2FO/c1-8-3-2-4-10(13(8)17)14(18)11-7-9(15)5-6-12(11)16/h2-7,14,18H,1H3. The number of aliphatic hydroxyl groups excluding tert-OH is 1. The van der Waals surface area contributed by atoms with E-state index in [1.54, 1.807) is 31.2 Å². The van der Waals surface area contributed by atoms with Crippen molar-refractivity contribution in [3.8, 4) is 0 Å². The molecule has 0 aliphatic carbocycles. The SMILES string of the molecule is Cc1cccc(C(O)c2cc(Cl)ccc2Cl)c1F. The van der Waals surface area contributed by atoms with E-state index in [1.807, 2.05) is 0 Å². The largest absolute Gasteiger partial charge is 0.383 e. The molecule has 0 saturated heterocycles. The molecule has 0 aromatic heterocycles. The lowest BCUT2D eigenvalue weighted by Crippen LogP contribution is -2.04. The van der Waals surface area contributed by atoms with Gasteiger partial charge in [0, 0.05) is 21.2 Å². The van der Waals surface area contributed by atoms with Crippen LogP contribution < -0.4 is 0 Å². The van der Waals surface area contributed by atoms with Gasteiger partial charge >= 0.3 is 0 Å². The molecule has 94 valence electrons. The number of halogens is 3. The van der Waals surface area contributed by atoms with Crippen LogP contribution in [0.5, 0.6) is 0 Å². The van der Waals surface area contributed by atoms with Gasteiger partial charge in [-0.15, -0.1) is 0 Å². The van der Waals surface area contributed by atoms with Gasteiger partial charge in [0.2, 0.25) is 0 Å². The predicted molar refractivity (Wildman–Crippen MR) is 71.7 cm³/mol. The van der Waals surface area contributed by atoms with Crippen molar-refractivity contribution < 1.29 is 9.50 Å². The normalized spacial score (nSPS) is 12.5. The molecule has 2 aromatic carbocycles. The molecule has 1 N–H and O–H groups in total. The Labute approximate surface area is 115 Å². The molecule has 0 saturated carbocycles. The monoisotopic (exact) mass is 284 g/mol. The fraction of sp³-hybridized carbons (Fsp3) is 0.143. The van der Waals surface area contributed by atoms with Gasteiger partial charge in [0.15, 0.2) is 0 Å². The molecule has 1 nitrogen and oxygen atoms in total. The summed E-state index contributed by atoms with van der Waals surface area (Å²) >= 11 is 11.8. The third kappa shape index (κ3) is 2.51. The molecule has 0 amide bonds. The van der Waals surface area contributed by atoms with Gasteiger partial charge in [-0.1, -0.05) is 41.4 Å². The number of aliphatic hydroxyl groups is 1. The van der Waals surface area contributed by atoms with Crippen molar-refractivity contribution in [2.45, 2.75) is 13.0 Å². The second-order valence-electron chi connectivity index (χ2n) is 4.05. The second-order valence-corrected chi connectivity index (χ2v) is 4.89. The highest BCUT2D eigenvalue weighted by Gasteiger charge is 2.18. The van der Waals surface area contributed by atoms with E-state index in [9.17, 15) is 9.50 Å². The van der Waals surface area contributed by atoms with Crippen LogP contribution in [0.2, 0.25) is 10.0 Å². The van der Waals surface area contributed by atoms with E-state index in [4.69, 9.17) is 23.2 Å². The maximum atomic E-state index is 13.9. The van der Waals surface area contributed by atoms with Gasteiger partial charge < -0.3 is 5.11 Å². The number of rotatable bonds is 2. The number of aryl methyl sites for hydroxylation is 1. The van der Waals surface area contributed by atoms with Gasteiger partial charge in [0.05, 0.1) is 0 Å². The zero-order valence-corrected chi connectivity index (χ0v) is 11.1. The lowest BCUT2D eigenvalue weighted by atomic mass is 9.99. The summed E-state index contributed by atoms with van der Waals surface area (Å²) in [5.74, 6) is -0.430. The lowest BCUT2D eigenvalue weighted by Gasteiger charge is -2.15. The summed E-state index contributed by atoms with van der Waals surface area (Å²) < 4.78 is 13.9. The first-order valence-corrected chi connectivity index (χ1v) is 6.14. The molecular weight excluding hydrogens is 274 g/mol. The van der Waals surface area contributed by atoms with Gasteiger partial charge in [0.25, 0.3) is 0 Å². The summed E-state index contributed by atoms with van der Waals surface area (Å²) in [6.45, 7) is 1.64. The molecule has 18 heavy (non-hydrogen) atoms. The van der Waals surface area contributed by atoms with Crippen molar-refractivity contribution in [1.29, 1.82) is 0 Å². The molecule has 4 heteroatoms. The van der Waals surface area contributed by atoms with Gasteiger partial charge in [-0.25, -0.2) is 4.39 Å². The van der Waals surface area contributed by atoms with Gasteiger partial charge in [-0.2, -0.15) is 0 Å². The van der Waals surface area contributed by atoms with E-state index in [-0.39, 0.29) is 5.56 Å². The predicted octanol–water partition coefficient (Wildman–Crippen LogP) is 4.52. The van der Waals surface area contributed by atoms with Gasteiger partial charge in [-0.05, 0) is 30.7 Å². The van der Waals surface area contributed by atoms with Crippen LogP contribution in [0.1, 0.15) is 22.8 Å². The average molecular weight is 285 g/mol. The maximum absolute atomic E-state index is 13.9. The molecule has 0 bridgehead atoms. The molecular formula is C14H11Cl2FO. The second kappa shape index (κ2) is 5.27. The fourth-order valence-corrected chi connectivity index (χ4v) is 2.17. The Bertz CT molecular complexity index is 582. The van der Waals surface area contributed by atoms with E-state index >= 15 is 0 Å². The van der Waals surface area contributed by atoms with E-state index in [0.29, 0.717) is 21.2 Å². The molecule has 1 unspecified atom stereocenters. The molecule has 0 aliphatic heterocycles. The van der Waals surface area contributed by atoms with Crippen LogP contribution >= 0.6 is 23.2 Å². The maximum Gasteiger partial charge on any atom is 0.132 e. The fourth-order valence-electron chi connectivity index (χ4n) is 1.77. The van der Waals surface area contributed by atoms with Crippen LogP contribution in [0.15, 0.2) is 36.4 Å². The average Bonchev–Trinajstić information content (AvgIpc) is 2.35. The van der Waals surface area contributed by atoms with Crippen molar-refractivity contribution in [3.63, 3.8) is 0 Å². The van der Waals surface area contributed by atoms with Crippen LogP contribution in [0.25, 0.3) is 0 Å². The van der Waals surface area contributed by atoms with Crippen LogP contribution in [0.3, 0.4) is 0 Å². The Morgan fingerprint density at radius 2 is 1.83 bits per heavy atom. The van der Waals surface area contributed by atoms with Crippen molar-refractivity contribution in [3.05, 3.63) is 69.0 Å². The molecule has 0 spiro atoms.